The number of carbonyl (C=O) groups is 8. The van der Waals surface area contributed by atoms with Crippen LogP contribution in [0.25, 0.3) is 0 Å². The van der Waals surface area contributed by atoms with Crippen LogP contribution in [0.4, 0.5) is 0 Å². The van der Waals surface area contributed by atoms with Crippen LogP contribution in [0.1, 0.15) is 140 Å². The van der Waals surface area contributed by atoms with Crippen LogP contribution in [0.5, 0.6) is 34.5 Å². The van der Waals surface area contributed by atoms with Gasteiger partial charge < -0.3 is 58.3 Å². The Labute approximate surface area is 505 Å². The number of ketones is 2. The molecular weight excluding hydrogens is 1100 g/mol. The number of ether oxygens (including phenoxy) is 8. The molecule has 466 valence electrons. The lowest BCUT2D eigenvalue weighted by Crippen LogP contribution is -2.53. The predicted molar refractivity (Wildman–Crippen MR) is 320 cm³/mol. The van der Waals surface area contributed by atoms with Crippen LogP contribution in [0.3, 0.4) is 0 Å². The number of hydrogen-bond donors (Lipinski definition) is 2. The van der Waals surface area contributed by atoms with E-state index in [9.17, 15) is 38.4 Å². The van der Waals surface area contributed by atoms with Gasteiger partial charge in [0.1, 0.15) is 35.8 Å². The molecule has 6 rings (SSSR count). The van der Waals surface area contributed by atoms with Crippen LogP contribution in [0.15, 0.2) is 84.9 Å². The smallest absolute Gasteiger partial charge is 0.329 e. The highest BCUT2D eigenvalue weighted by Gasteiger charge is 2.43. The van der Waals surface area contributed by atoms with Gasteiger partial charge in [-0.25, -0.2) is 9.59 Å². The fourth-order valence-electron chi connectivity index (χ4n) is 10.1. The van der Waals surface area contributed by atoms with Crippen molar-refractivity contribution in [3.63, 3.8) is 0 Å². The average molecular weight is 1190 g/mol. The van der Waals surface area contributed by atoms with E-state index in [2.05, 4.69) is 10.6 Å². The van der Waals surface area contributed by atoms with E-state index >= 15 is 0 Å². The molecule has 20 heteroatoms. The third-order valence-corrected chi connectivity index (χ3v) is 16.2. The molecule has 0 aliphatic carbocycles. The number of rotatable bonds is 31. The summed E-state index contributed by atoms with van der Waals surface area (Å²) in [7, 11) is 6.19. The van der Waals surface area contributed by atoms with Crippen molar-refractivity contribution in [2.45, 2.75) is 143 Å². The number of likely N-dealkylation sites (tertiary alicyclic amines) is 2. The van der Waals surface area contributed by atoms with Crippen LogP contribution in [0, 0.1) is 10.8 Å². The second-order valence-corrected chi connectivity index (χ2v) is 22.9. The quantitative estimate of drug-likeness (QED) is 0.0272. The maximum absolute atomic E-state index is 14.1. The molecule has 0 bridgehead atoms. The van der Waals surface area contributed by atoms with Crippen molar-refractivity contribution in [2.75, 3.05) is 67.8 Å². The third kappa shape index (κ3) is 18.2. The Morgan fingerprint density at radius 2 is 0.895 bits per heavy atom. The van der Waals surface area contributed by atoms with Crippen molar-refractivity contribution in [3.8, 4) is 34.5 Å². The standard InChI is InChI=1S/C66H86N4O16/c1-11-65(3,4)59(73)61(75)69-35-15-13-23-49(69)63(77)85-51(29-25-43-27-31-53(79-7)55(37-43)81-9)45-19-17-21-47(39-45)83-41-57(71)67-33-34-68-58(72)42-84-48-22-18-20-46(40-48)52(30-26-44-28-32-54(80-8)56(38-44)82-10)86-64(78)50-24-14-16-36-70(50)62(76)60(74)66(5,6)12-2/h17-22,27-28,31-32,37-40,49-52H,11-16,23-26,29-30,33-36,41-42H2,1-10H3,(H,67,71)(H,68,72). The molecule has 0 spiro atoms. The van der Waals surface area contributed by atoms with Crippen molar-refractivity contribution in [1.29, 1.82) is 0 Å². The van der Waals surface area contributed by atoms with Gasteiger partial charge in [-0.15, -0.1) is 0 Å². The maximum Gasteiger partial charge on any atom is 0.329 e. The first-order valence-corrected chi connectivity index (χ1v) is 29.7. The van der Waals surface area contributed by atoms with Crippen LogP contribution >= 0.6 is 0 Å². The van der Waals surface area contributed by atoms with Gasteiger partial charge in [-0.3, -0.25) is 28.8 Å². The Balaban J connectivity index is 1.05. The fourth-order valence-corrected chi connectivity index (χ4v) is 10.1. The molecule has 0 aromatic heterocycles. The summed E-state index contributed by atoms with van der Waals surface area (Å²) in [6.45, 7) is 10.5. The maximum atomic E-state index is 14.1. The van der Waals surface area contributed by atoms with E-state index in [1.807, 2.05) is 38.1 Å². The number of nitrogens with one attached hydrogen (secondary N) is 2. The first-order valence-electron chi connectivity index (χ1n) is 29.7. The average Bonchev–Trinajstić information content (AvgIpc) is 2.52. The van der Waals surface area contributed by atoms with E-state index in [-0.39, 0.29) is 39.4 Å². The zero-order valence-electron chi connectivity index (χ0n) is 51.5. The second-order valence-electron chi connectivity index (χ2n) is 22.9. The van der Waals surface area contributed by atoms with Gasteiger partial charge >= 0.3 is 11.9 Å². The molecule has 2 aliphatic heterocycles. The molecule has 2 saturated heterocycles. The fraction of sp³-hybridized carbons (Fsp3) is 0.515. The topological polar surface area (TPSA) is 241 Å². The van der Waals surface area contributed by atoms with Crippen molar-refractivity contribution in [3.05, 3.63) is 107 Å². The molecular formula is C66H86N4O16. The molecule has 4 aromatic carbocycles. The van der Waals surface area contributed by atoms with E-state index in [1.54, 1.807) is 117 Å². The van der Waals surface area contributed by atoms with Gasteiger partial charge in [0.25, 0.3) is 23.6 Å². The second kappa shape index (κ2) is 31.8. The Kier molecular flexibility index (Phi) is 24.8. The van der Waals surface area contributed by atoms with Crippen molar-refractivity contribution >= 4 is 47.1 Å². The zero-order valence-corrected chi connectivity index (χ0v) is 51.5. The lowest BCUT2D eigenvalue weighted by molar-refractivity contribution is -0.165. The number of benzene rings is 4. The van der Waals surface area contributed by atoms with Crippen molar-refractivity contribution in [1.82, 2.24) is 20.4 Å². The zero-order chi connectivity index (χ0) is 62.6. The van der Waals surface area contributed by atoms with Gasteiger partial charge in [0.05, 0.1) is 28.4 Å². The first kappa shape index (κ1) is 67.0. The summed E-state index contributed by atoms with van der Waals surface area (Å²) in [6, 6.07) is 22.9. The molecule has 4 aromatic rings. The monoisotopic (exact) mass is 1190 g/mol. The number of aryl methyl sites for hydroxylation is 2. The number of esters is 2. The summed E-state index contributed by atoms with van der Waals surface area (Å²) in [6.07, 6.45) is 4.21. The van der Waals surface area contributed by atoms with Crippen LogP contribution in [-0.4, -0.2) is 137 Å². The van der Waals surface area contributed by atoms with Gasteiger partial charge in [-0.05, 0) is 148 Å². The van der Waals surface area contributed by atoms with Gasteiger partial charge in [0.2, 0.25) is 11.6 Å². The minimum atomic E-state index is -0.945. The minimum absolute atomic E-state index is 0.0709. The highest BCUT2D eigenvalue weighted by molar-refractivity contribution is 6.38. The van der Waals surface area contributed by atoms with Crippen molar-refractivity contribution < 1.29 is 76.3 Å². The van der Waals surface area contributed by atoms with Crippen LogP contribution in [-0.2, 0) is 60.7 Å². The summed E-state index contributed by atoms with van der Waals surface area (Å²) in [4.78, 5) is 111. The Bertz CT molecular complexity index is 2810. The first-order chi connectivity index (χ1) is 41.2. The number of amides is 4. The lowest BCUT2D eigenvalue weighted by Gasteiger charge is -2.36. The van der Waals surface area contributed by atoms with Gasteiger partial charge in [0, 0.05) is 37.0 Å². The molecule has 2 aliphatic rings. The van der Waals surface area contributed by atoms with E-state index in [1.165, 1.54) is 9.80 Å². The van der Waals surface area contributed by atoms with Gasteiger partial charge in [-0.2, -0.15) is 0 Å². The van der Waals surface area contributed by atoms with Crippen LogP contribution in [0.2, 0.25) is 0 Å². The lowest BCUT2D eigenvalue weighted by atomic mass is 9.84. The molecule has 2 fully saturated rings. The number of nitrogens with zero attached hydrogens (tertiary/aromatic N) is 2. The molecule has 20 nitrogen and oxygen atoms in total. The summed E-state index contributed by atoms with van der Waals surface area (Å²) >= 11 is 0. The molecule has 0 saturated carbocycles. The Morgan fingerprint density at radius 1 is 0.512 bits per heavy atom. The van der Waals surface area contributed by atoms with E-state index in [0.717, 1.165) is 11.1 Å². The minimum Gasteiger partial charge on any atom is -0.493 e. The molecule has 2 N–H and O–H groups in total. The SMILES string of the molecule is CCC(C)(C)C(=O)C(=O)N1CCCCC1C(=O)OC(CCc1ccc(OC)c(OC)c1)c1cccc(OCC(=O)NCCNC(=O)COc2cccc(C(CCc3ccc(OC)c(OC)c3)OC(=O)C3CCCCN3C(=O)C(=O)C(C)(C)CC)c2)c1. The third-order valence-electron chi connectivity index (χ3n) is 16.2. The van der Waals surface area contributed by atoms with Gasteiger partial charge in [0.15, 0.2) is 36.2 Å². The van der Waals surface area contributed by atoms with Crippen LogP contribution < -0.4 is 39.1 Å². The molecule has 4 atom stereocenters. The van der Waals surface area contributed by atoms with Gasteiger partial charge in [-0.1, -0.05) is 77.9 Å². The normalized spacial score (nSPS) is 15.9. The highest BCUT2D eigenvalue weighted by atomic mass is 16.6. The van der Waals surface area contributed by atoms with Crippen molar-refractivity contribution in [2.24, 2.45) is 10.8 Å². The number of Topliss-reactive ketones (excluding diaryl/α,β-unsaturated/α-hetero) is 2. The van der Waals surface area contributed by atoms with E-state index < -0.39 is 82.3 Å². The summed E-state index contributed by atoms with van der Waals surface area (Å²) in [5.74, 6) is -1.78. The molecule has 2 heterocycles. The largest absolute Gasteiger partial charge is 0.493 e. The number of hydrogen-bond acceptors (Lipinski definition) is 16. The Morgan fingerprint density at radius 3 is 1.26 bits per heavy atom. The number of carbonyl (C=O) groups excluding carboxylic acids is 8. The predicted octanol–water partition coefficient (Wildman–Crippen LogP) is 8.62. The number of piperidine rings is 2. The number of methoxy groups -OCH3 is 4. The van der Waals surface area contributed by atoms with E-state index in [4.69, 9.17) is 37.9 Å². The highest BCUT2D eigenvalue weighted by Crippen LogP contribution is 2.36. The summed E-state index contributed by atoms with van der Waals surface area (Å²) in [5.41, 5.74) is 1.17. The van der Waals surface area contributed by atoms with E-state index in [0.29, 0.717) is 123 Å². The molecule has 0 radical (unpaired) electrons. The Hall–Kier alpha value is -8.16. The summed E-state index contributed by atoms with van der Waals surface area (Å²) in [5, 5.41) is 5.47. The molecule has 86 heavy (non-hydrogen) atoms. The molecule has 4 unspecified atom stereocenters. The summed E-state index contributed by atoms with van der Waals surface area (Å²) < 4.78 is 46.2. The molecule has 4 amide bonds.